The molecule has 0 amide bonds. The first-order chi connectivity index (χ1) is 9.17. The summed E-state index contributed by atoms with van der Waals surface area (Å²) in [6, 6.07) is 12.0. The fourth-order valence-corrected chi connectivity index (χ4v) is 2.11. The van der Waals surface area contributed by atoms with Gasteiger partial charge >= 0.3 is 0 Å². The average molecular weight is 257 g/mol. The molecule has 19 heavy (non-hydrogen) atoms. The summed E-state index contributed by atoms with van der Waals surface area (Å²) in [4.78, 5) is 0. The Morgan fingerprint density at radius 3 is 1.68 bits per heavy atom. The van der Waals surface area contributed by atoms with Crippen molar-refractivity contribution in [2.75, 3.05) is 19.5 Å². The van der Waals surface area contributed by atoms with Gasteiger partial charge in [0.25, 0.3) is 0 Å². The Bertz CT molecular complexity index is 536. The van der Waals surface area contributed by atoms with E-state index in [-0.39, 0.29) is 0 Å². The van der Waals surface area contributed by atoms with E-state index in [0.29, 0.717) is 0 Å². The van der Waals surface area contributed by atoms with Gasteiger partial charge in [0, 0.05) is 5.69 Å². The first-order valence-corrected chi connectivity index (χ1v) is 6.21. The van der Waals surface area contributed by atoms with Crippen molar-refractivity contribution in [3.8, 4) is 11.5 Å². The van der Waals surface area contributed by atoms with Gasteiger partial charge in [-0.2, -0.15) is 0 Å². The number of rotatable bonds is 4. The van der Waals surface area contributed by atoms with Crippen molar-refractivity contribution in [1.29, 1.82) is 0 Å². The predicted octanol–water partition coefficient (Wildman–Crippen LogP) is 4.06. The largest absolute Gasteiger partial charge is 0.494 e. The molecule has 2 rings (SSSR count). The van der Waals surface area contributed by atoms with Gasteiger partial charge in [0.05, 0.1) is 14.2 Å². The molecule has 0 aliphatic carbocycles. The van der Waals surface area contributed by atoms with E-state index in [1.54, 1.807) is 14.2 Å². The van der Waals surface area contributed by atoms with Crippen molar-refractivity contribution in [2.45, 2.75) is 13.8 Å². The molecular weight excluding hydrogens is 238 g/mol. The summed E-state index contributed by atoms with van der Waals surface area (Å²) in [7, 11) is 3.31. The van der Waals surface area contributed by atoms with Crippen molar-refractivity contribution < 1.29 is 9.47 Å². The van der Waals surface area contributed by atoms with Gasteiger partial charge in [0.1, 0.15) is 17.2 Å². The molecule has 2 aromatic carbocycles. The minimum Gasteiger partial charge on any atom is -0.494 e. The number of methoxy groups -OCH3 is 2. The minimum atomic E-state index is 0.766. The fourth-order valence-electron chi connectivity index (χ4n) is 2.11. The predicted molar refractivity (Wildman–Crippen MR) is 78.7 cm³/mol. The number of nitrogens with one attached hydrogen (secondary N) is 1. The molecule has 2 aromatic rings. The second-order valence-electron chi connectivity index (χ2n) is 4.43. The second kappa shape index (κ2) is 5.65. The minimum absolute atomic E-state index is 0.766. The normalized spacial score (nSPS) is 10.1. The highest BCUT2D eigenvalue weighted by molar-refractivity contribution is 5.75. The third-order valence-corrected chi connectivity index (χ3v) is 3.16. The van der Waals surface area contributed by atoms with Crippen molar-refractivity contribution in [2.24, 2.45) is 0 Å². The van der Waals surface area contributed by atoms with Gasteiger partial charge in [-0.3, -0.25) is 0 Å². The number of ether oxygens (including phenoxy) is 2. The van der Waals surface area contributed by atoms with Crippen LogP contribution in [-0.4, -0.2) is 14.2 Å². The number of aryl methyl sites for hydroxylation is 2. The summed E-state index contributed by atoms with van der Waals surface area (Å²) < 4.78 is 10.8. The Hall–Kier alpha value is -2.16. The molecule has 0 heterocycles. The molecular formula is C16H19NO2. The van der Waals surface area contributed by atoms with E-state index in [0.717, 1.165) is 22.9 Å². The van der Waals surface area contributed by atoms with Gasteiger partial charge in [-0.25, -0.2) is 0 Å². The Morgan fingerprint density at radius 2 is 1.21 bits per heavy atom. The van der Waals surface area contributed by atoms with Gasteiger partial charge in [-0.05, 0) is 37.1 Å². The Morgan fingerprint density at radius 1 is 0.737 bits per heavy atom. The van der Waals surface area contributed by atoms with E-state index in [2.05, 4.69) is 37.4 Å². The maximum absolute atomic E-state index is 5.40. The van der Waals surface area contributed by atoms with E-state index < -0.39 is 0 Å². The second-order valence-corrected chi connectivity index (χ2v) is 4.43. The number of para-hydroxylation sites is 2. The van der Waals surface area contributed by atoms with Crippen molar-refractivity contribution in [3.63, 3.8) is 0 Å². The first kappa shape index (κ1) is 13.3. The van der Waals surface area contributed by atoms with Gasteiger partial charge in [-0.15, -0.1) is 0 Å². The lowest BCUT2D eigenvalue weighted by Gasteiger charge is -2.17. The van der Waals surface area contributed by atoms with Crippen molar-refractivity contribution in [3.05, 3.63) is 47.5 Å². The number of hydrogen-bond donors (Lipinski definition) is 1. The lowest BCUT2D eigenvalue weighted by atomic mass is 10.1. The smallest absolute Gasteiger partial charge is 0.146 e. The van der Waals surface area contributed by atoms with Gasteiger partial charge in [0.2, 0.25) is 0 Å². The highest BCUT2D eigenvalue weighted by Crippen LogP contribution is 2.37. The summed E-state index contributed by atoms with van der Waals surface area (Å²) in [5.74, 6) is 1.53. The summed E-state index contributed by atoms with van der Waals surface area (Å²) in [6.07, 6.45) is 0. The molecule has 0 aliphatic rings. The summed E-state index contributed by atoms with van der Waals surface area (Å²) >= 11 is 0. The molecule has 3 heteroatoms. The van der Waals surface area contributed by atoms with Crippen LogP contribution in [0.4, 0.5) is 11.4 Å². The summed E-state index contributed by atoms with van der Waals surface area (Å²) in [5, 5.41) is 3.43. The monoisotopic (exact) mass is 257 g/mol. The van der Waals surface area contributed by atoms with Crippen LogP contribution in [-0.2, 0) is 0 Å². The Labute approximate surface area is 114 Å². The lowest BCUT2D eigenvalue weighted by molar-refractivity contribution is 0.398. The quantitative estimate of drug-likeness (QED) is 0.895. The highest BCUT2D eigenvalue weighted by Gasteiger charge is 2.12. The molecule has 1 N–H and O–H groups in total. The van der Waals surface area contributed by atoms with Crippen LogP contribution in [0.1, 0.15) is 11.1 Å². The zero-order valence-electron chi connectivity index (χ0n) is 11.8. The van der Waals surface area contributed by atoms with Crippen LogP contribution >= 0.6 is 0 Å². The van der Waals surface area contributed by atoms with E-state index >= 15 is 0 Å². The fraction of sp³-hybridized carbons (Fsp3) is 0.250. The molecule has 0 bridgehead atoms. The molecule has 3 nitrogen and oxygen atoms in total. The summed E-state index contributed by atoms with van der Waals surface area (Å²) in [6.45, 7) is 4.16. The van der Waals surface area contributed by atoms with Crippen LogP contribution in [0.2, 0.25) is 0 Å². The van der Waals surface area contributed by atoms with Crippen LogP contribution in [0.25, 0.3) is 0 Å². The van der Waals surface area contributed by atoms with Crippen LogP contribution in [0, 0.1) is 13.8 Å². The SMILES string of the molecule is COc1cccc(OC)c1Nc1c(C)cccc1C. The molecule has 0 aromatic heterocycles. The molecule has 0 fully saturated rings. The van der Waals surface area contributed by atoms with E-state index in [1.807, 2.05) is 18.2 Å². The number of hydrogen-bond acceptors (Lipinski definition) is 3. The zero-order chi connectivity index (χ0) is 13.8. The first-order valence-electron chi connectivity index (χ1n) is 6.21. The third-order valence-electron chi connectivity index (χ3n) is 3.16. The van der Waals surface area contributed by atoms with Crippen molar-refractivity contribution >= 4 is 11.4 Å². The van der Waals surface area contributed by atoms with E-state index in [4.69, 9.17) is 9.47 Å². The third kappa shape index (κ3) is 2.65. The van der Waals surface area contributed by atoms with E-state index in [9.17, 15) is 0 Å². The van der Waals surface area contributed by atoms with Crippen molar-refractivity contribution in [1.82, 2.24) is 0 Å². The molecule has 0 saturated carbocycles. The molecule has 0 spiro atoms. The van der Waals surface area contributed by atoms with E-state index in [1.165, 1.54) is 11.1 Å². The lowest BCUT2D eigenvalue weighted by Crippen LogP contribution is -2.00. The standard InChI is InChI=1S/C16H19NO2/c1-11-7-5-8-12(2)15(11)17-16-13(18-3)9-6-10-14(16)19-4/h5-10,17H,1-4H3. The van der Waals surface area contributed by atoms with Gasteiger partial charge in [0.15, 0.2) is 0 Å². The van der Waals surface area contributed by atoms with Crippen LogP contribution in [0.15, 0.2) is 36.4 Å². The molecule has 0 aliphatic heterocycles. The van der Waals surface area contributed by atoms with Crippen LogP contribution in [0.5, 0.6) is 11.5 Å². The summed E-state index contributed by atoms with van der Waals surface area (Å²) in [5.41, 5.74) is 4.32. The number of anilines is 2. The van der Waals surface area contributed by atoms with Gasteiger partial charge in [-0.1, -0.05) is 24.3 Å². The maximum atomic E-state index is 5.40. The molecule has 100 valence electrons. The van der Waals surface area contributed by atoms with Crippen LogP contribution in [0.3, 0.4) is 0 Å². The van der Waals surface area contributed by atoms with Gasteiger partial charge < -0.3 is 14.8 Å². The number of benzene rings is 2. The molecule has 0 unspecified atom stereocenters. The highest BCUT2D eigenvalue weighted by atomic mass is 16.5. The average Bonchev–Trinajstić information content (AvgIpc) is 2.42. The molecule has 0 atom stereocenters. The Kier molecular flexibility index (Phi) is 3.95. The molecule has 0 saturated heterocycles. The molecule has 0 radical (unpaired) electrons. The topological polar surface area (TPSA) is 30.5 Å². The maximum Gasteiger partial charge on any atom is 0.146 e. The Balaban J connectivity index is 2.48. The zero-order valence-corrected chi connectivity index (χ0v) is 11.8. The van der Waals surface area contributed by atoms with Crippen LogP contribution < -0.4 is 14.8 Å².